The highest BCUT2D eigenvalue weighted by Crippen LogP contribution is 2.11. The Kier molecular flexibility index (Phi) is 10.2. The maximum Gasteiger partial charge on any atom is 0.191 e. The number of halogens is 2. The molecule has 5 nitrogen and oxygen atoms in total. The summed E-state index contributed by atoms with van der Waals surface area (Å²) >= 11 is 0. The van der Waals surface area contributed by atoms with Crippen molar-refractivity contribution in [3.63, 3.8) is 0 Å². The van der Waals surface area contributed by atoms with Crippen LogP contribution < -0.4 is 10.6 Å². The lowest BCUT2D eigenvalue weighted by atomic mass is 10.2. The van der Waals surface area contributed by atoms with Gasteiger partial charge in [0, 0.05) is 26.1 Å². The molecule has 1 saturated heterocycles. The van der Waals surface area contributed by atoms with Crippen LogP contribution in [0, 0.1) is 0 Å². The average molecular weight is 425 g/mol. The third-order valence-electron chi connectivity index (χ3n) is 3.32. The van der Waals surface area contributed by atoms with Crippen LogP contribution in [-0.2, 0) is 11.2 Å². The number of guanidine groups is 1. The quantitative estimate of drug-likeness (QED) is 0.291. The number of aliphatic imine (C=N–C) groups is 1. The number of hydrogen-bond acceptors (Lipinski definition) is 3. The van der Waals surface area contributed by atoms with Crippen LogP contribution in [0.4, 0.5) is 4.39 Å². The van der Waals surface area contributed by atoms with Crippen LogP contribution >= 0.6 is 24.0 Å². The van der Waals surface area contributed by atoms with E-state index in [0.717, 1.165) is 38.2 Å². The zero-order valence-corrected chi connectivity index (χ0v) is 15.1. The van der Waals surface area contributed by atoms with Crippen molar-refractivity contribution in [1.29, 1.82) is 0 Å². The van der Waals surface area contributed by atoms with Crippen LogP contribution in [0.2, 0.25) is 0 Å². The molecular weight excluding hydrogens is 400 g/mol. The summed E-state index contributed by atoms with van der Waals surface area (Å²) in [5, 5.41) is 6.38. The molecule has 0 radical (unpaired) electrons. The van der Waals surface area contributed by atoms with Gasteiger partial charge in [0.2, 0.25) is 0 Å². The molecule has 1 aromatic rings. The molecule has 2 heterocycles. The summed E-state index contributed by atoms with van der Waals surface area (Å²) in [5.74, 6) is 1.65. The Hall–Kier alpha value is -0.830. The molecule has 0 aromatic carbocycles. The molecule has 22 heavy (non-hydrogen) atoms. The maximum absolute atomic E-state index is 12.2. The molecule has 1 aliphatic rings. The number of alkyl halides is 1. The highest BCUT2D eigenvalue weighted by atomic mass is 127. The first-order chi connectivity index (χ1) is 10.4. The first-order valence-corrected chi connectivity index (χ1v) is 7.60. The number of nitrogens with one attached hydrogen (secondary N) is 2. The third kappa shape index (κ3) is 7.44. The zero-order chi connectivity index (χ0) is 14.8. The van der Waals surface area contributed by atoms with Crippen LogP contribution in [0.5, 0.6) is 0 Å². The Labute approximate surface area is 148 Å². The first-order valence-electron chi connectivity index (χ1n) is 7.60. The molecule has 1 aromatic heterocycles. The predicted octanol–water partition coefficient (Wildman–Crippen LogP) is 2.51. The van der Waals surface area contributed by atoms with Crippen molar-refractivity contribution in [3.05, 3.63) is 24.2 Å². The lowest BCUT2D eigenvalue weighted by Crippen LogP contribution is -2.39. The van der Waals surface area contributed by atoms with E-state index in [4.69, 9.17) is 9.15 Å². The van der Waals surface area contributed by atoms with E-state index in [0.29, 0.717) is 25.5 Å². The fraction of sp³-hybridized carbons (Fsp3) is 0.667. The highest BCUT2D eigenvalue weighted by molar-refractivity contribution is 14.0. The van der Waals surface area contributed by atoms with Crippen molar-refractivity contribution in [3.8, 4) is 0 Å². The second kappa shape index (κ2) is 11.7. The summed E-state index contributed by atoms with van der Waals surface area (Å²) in [6.45, 7) is 2.45. The van der Waals surface area contributed by atoms with Crippen molar-refractivity contribution in [2.75, 3.05) is 32.9 Å². The van der Waals surface area contributed by atoms with Gasteiger partial charge in [0.25, 0.3) is 0 Å². The van der Waals surface area contributed by atoms with Gasteiger partial charge in [-0.15, -0.1) is 24.0 Å². The molecule has 0 amide bonds. The van der Waals surface area contributed by atoms with Gasteiger partial charge in [-0.2, -0.15) is 0 Å². The number of hydrogen-bond donors (Lipinski definition) is 2. The minimum absolute atomic E-state index is 0. The lowest BCUT2D eigenvalue weighted by molar-refractivity contribution is 0.117. The van der Waals surface area contributed by atoms with Gasteiger partial charge in [-0.3, -0.25) is 9.38 Å². The molecule has 126 valence electrons. The van der Waals surface area contributed by atoms with Gasteiger partial charge < -0.3 is 19.8 Å². The predicted molar refractivity (Wildman–Crippen MR) is 95.7 cm³/mol. The van der Waals surface area contributed by atoms with Gasteiger partial charge >= 0.3 is 0 Å². The van der Waals surface area contributed by atoms with Crippen LogP contribution in [0.15, 0.2) is 27.8 Å². The molecule has 1 unspecified atom stereocenters. The minimum atomic E-state index is -0.321. The topological polar surface area (TPSA) is 58.8 Å². The largest absolute Gasteiger partial charge is 0.469 e. The van der Waals surface area contributed by atoms with Crippen LogP contribution in [0.3, 0.4) is 0 Å². The molecule has 2 N–H and O–H groups in total. The molecule has 1 atom stereocenters. The molecule has 0 aliphatic carbocycles. The molecule has 0 spiro atoms. The van der Waals surface area contributed by atoms with Crippen LogP contribution in [0.25, 0.3) is 0 Å². The lowest BCUT2D eigenvalue weighted by Gasteiger charge is -2.13. The van der Waals surface area contributed by atoms with Gasteiger partial charge in [-0.25, -0.2) is 0 Å². The second-order valence-electron chi connectivity index (χ2n) is 5.05. The molecule has 0 saturated carbocycles. The van der Waals surface area contributed by atoms with Gasteiger partial charge in [0.15, 0.2) is 5.96 Å². The van der Waals surface area contributed by atoms with Crippen LogP contribution in [-0.4, -0.2) is 45.0 Å². The molecular formula is C15H25FIN3O2. The molecule has 2 rings (SSSR count). The average Bonchev–Trinajstić information content (AvgIpc) is 3.18. The van der Waals surface area contributed by atoms with E-state index in [1.54, 1.807) is 6.26 Å². The molecule has 1 aliphatic heterocycles. The van der Waals surface area contributed by atoms with Gasteiger partial charge in [0.1, 0.15) is 5.76 Å². The monoisotopic (exact) mass is 425 g/mol. The van der Waals surface area contributed by atoms with Crippen molar-refractivity contribution in [2.45, 2.75) is 31.8 Å². The summed E-state index contributed by atoms with van der Waals surface area (Å²) in [6.07, 6.45) is 5.33. The zero-order valence-electron chi connectivity index (χ0n) is 12.7. The van der Waals surface area contributed by atoms with Gasteiger partial charge in [-0.05, 0) is 31.4 Å². The van der Waals surface area contributed by atoms with Gasteiger partial charge in [-0.1, -0.05) is 0 Å². The van der Waals surface area contributed by atoms with E-state index in [-0.39, 0.29) is 36.8 Å². The minimum Gasteiger partial charge on any atom is -0.469 e. The Bertz CT molecular complexity index is 409. The van der Waals surface area contributed by atoms with E-state index < -0.39 is 0 Å². The summed E-state index contributed by atoms with van der Waals surface area (Å²) in [7, 11) is 0. The fourth-order valence-corrected chi connectivity index (χ4v) is 2.19. The summed E-state index contributed by atoms with van der Waals surface area (Å²) in [5.41, 5.74) is 0. The Morgan fingerprint density at radius 2 is 2.23 bits per heavy atom. The molecule has 1 fully saturated rings. The van der Waals surface area contributed by atoms with Crippen molar-refractivity contribution >= 4 is 29.9 Å². The molecule has 7 heteroatoms. The Morgan fingerprint density at radius 3 is 2.91 bits per heavy atom. The van der Waals surface area contributed by atoms with Gasteiger partial charge in [0.05, 0.1) is 25.6 Å². The highest BCUT2D eigenvalue weighted by Gasteiger charge is 2.14. The smallest absolute Gasteiger partial charge is 0.191 e. The SMILES string of the molecule is FCCCNC(=NCC1CCCO1)NCCc1ccco1.I. The van der Waals surface area contributed by atoms with E-state index in [2.05, 4.69) is 15.6 Å². The second-order valence-corrected chi connectivity index (χ2v) is 5.05. The molecule has 0 bridgehead atoms. The van der Waals surface area contributed by atoms with Crippen LogP contribution in [0.1, 0.15) is 25.0 Å². The fourth-order valence-electron chi connectivity index (χ4n) is 2.19. The standard InChI is InChI=1S/C15H24FN3O2.HI/c16-7-3-8-17-15(19-12-14-5-2-11-21-14)18-9-6-13-4-1-10-20-13;/h1,4,10,14H,2-3,5-9,11-12H2,(H2,17,18,19);1H. The number of rotatable bonds is 8. The maximum atomic E-state index is 12.2. The van der Waals surface area contributed by atoms with Crippen molar-refractivity contribution in [2.24, 2.45) is 4.99 Å². The first kappa shape index (κ1) is 19.2. The summed E-state index contributed by atoms with van der Waals surface area (Å²) in [4.78, 5) is 4.51. The van der Waals surface area contributed by atoms with Crippen molar-refractivity contribution in [1.82, 2.24) is 10.6 Å². The van der Waals surface area contributed by atoms with E-state index in [1.165, 1.54) is 0 Å². The van der Waals surface area contributed by atoms with Crippen molar-refractivity contribution < 1.29 is 13.5 Å². The van der Waals surface area contributed by atoms with E-state index in [9.17, 15) is 4.39 Å². The Balaban J connectivity index is 0.00000242. The summed E-state index contributed by atoms with van der Waals surface area (Å²) < 4.78 is 23.0. The van der Waals surface area contributed by atoms with E-state index in [1.807, 2.05) is 12.1 Å². The number of ether oxygens (including phenoxy) is 1. The number of furan rings is 1. The Morgan fingerprint density at radius 1 is 1.36 bits per heavy atom. The summed E-state index contributed by atoms with van der Waals surface area (Å²) in [6, 6.07) is 3.82. The number of nitrogens with zero attached hydrogens (tertiary/aromatic N) is 1. The third-order valence-corrected chi connectivity index (χ3v) is 3.32. The normalized spacial score (nSPS) is 18.0. The van der Waals surface area contributed by atoms with E-state index >= 15 is 0 Å².